The van der Waals surface area contributed by atoms with Crippen LogP contribution in [-0.4, -0.2) is 50.4 Å². The van der Waals surface area contributed by atoms with Gasteiger partial charge in [-0.25, -0.2) is 18.2 Å². The third-order valence-electron chi connectivity index (χ3n) is 6.38. The minimum atomic E-state index is -3.18. The van der Waals surface area contributed by atoms with Gasteiger partial charge in [-0.3, -0.25) is 18.5 Å². The summed E-state index contributed by atoms with van der Waals surface area (Å²) in [5.41, 5.74) is 2.32. The number of aromatic nitrogens is 4. The second-order valence-electron chi connectivity index (χ2n) is 8.59. The maximum Gasteiger partial charge on any atom is 0.332 e. The Morgan fingerprint density at radius 3 is 2.38 bits per heavy atom. The van der Waals surface area contributed by atoms with Crippen LogP contribution in [0.5, 0.6) is 0 Å². The molecule has 1 saturated heterocycles. The van der Waals surface area contributed by atoms with Gasteiger partial charge in [-0.15, -0.1) is 0 Å². The largest absolute Gasteiger partial charge is 0.332 e. The fourth-order valence-corrected chi connectivity index (χ4v) is 6.23. The smallest absolute Gasteiger partial charge is 0.294 e. The second kappa shape index (κ2) is 6.89. The Hall–Kier alpha value is -3.21. The molecule has 1 aromatic carbocycles. The Morgan fingerprint density at radius 2 is 1.75 bits per heavy atom. The number of imidazole rings is 1. The second-order valence-corrected chi connectivity index (χ2v) is 10.8. The first-order valence-corrected chi connectivity index (χ1v) is 12.2. The monoisotopic (exact) mass is 456 g/mol. The molecule has 5 rings (SSSR count). The predicted octanol–water partition coefficient (Wildman–Crippen LogP) is 0.715. The first kappa shape index (κ1) is 20.7. The number of hydrogen-bond acceptors (Lipinski definition) is 7. The van der Waals surface area contributed by atoms with Crippen molar-refractivity contribution >= 4 is 32.7 Å². The zero-order chi connectivity index (χ0) is 22.9. The van der Waals surface area contributed by atoms with Crippen LogP contribution in [0.15, 0.2) is 39.0 Å². The lowest BCUT2D eigenvalue weighted by Gasteiger charge is -2.33. The summed E-state index contributed by atoms with van der Waals surface area (Å²) in [5.74, 6) is 0.426. The number of benzene rings is 1. The highest BCUT2D eigenvalue weighted by Crippen LogP contribution is 2.35. The molecule has 11 heteroatoms. The van der Waals surface area contributed by atoms with Crippen molar-refractivity contribution in [3.63, 3.8) is 0 Å². The lowest BCUT2D eigenvalue weighted by molar-refractivity contribution is 0.578. The molecule has 2 aliphatic heterocycles. The topological polar surface area (TPSA) is 112 Å². The van der Waals surface area contributed by atoms with Crippen molar-refractivity contribution in [1.29, 1.82) is 0 Å². The van der Waals surface area contributed by atoms with E-state index in [1.807, 2.05) is 38.1 Å². The molecule has 10 nitrogen and oxygen atoms in total. The minimum absolute atomic E-state index is 0.0355. The third kappa shape index (κ3) is 2.94. The van der Waals surface area contributed by atoms with Gasteiger partial charge < -0.3 is 0 Å². The molecule has 0 spiro atoms. The van der Waals surface area contributed by atoms with Crippen LogP contribution in [0.2, 0.25) is 0 Å². The number of sulfone groups is 1. The summed E-state index contributed by atoms with van der Waals surface area (Å²) in [4.78, 5) is 30.2. The molecule has 2 aromatic heterocycles. The normalized spacial score (nSPS) is 22.2. The predicted molar refractivity (Wildman–Crippen MR) is 122 cm³/mol. The summed E-state index contributed by atoms with van der Waals surface area (Å²) in [5, 5.41) is 6.49. The molecule has 32 heavy (non-hydrogen) atoms. The first-order valence-electron chi connectivity index (χ1n) is 10.4. The number of hydrogen-bond donors (Lipinski definition) is 0. The zero-order valence-electron chi connectivity index (χ0n) is 18.3. The summed E-state index contributed by atoms with van der Waals surface area (Å²) in [6, 6.07) is 7.15. The van der Waals surface area contributed by atoms with Gasteiger partial charge in [-0.2, -0.15) is 10.1 Å². The average Bonchev–Trinajstić information content (AvgIpc) is 3.33. The molecular weight excluding hydrogens is 432 g/mol. The van der Waals surface area contributed by atoms with Gasteiger partial charge in [0.05, 0.1) is 29.3 Å². The van der Waals surface area contributed by atoms with Crippen LogP contribution in [0.1, 0.15) is 30.5 Å². The lowest BCUT2D eigenvalue weighted by Crippen LogP contribution is -2.41. The Labute approximate surface area is 184 Å². The fraction of sp³-hybridized carbons (Fsp3) is 0.429. The van der Waals surface area contributed by atoms with Crippen LogP contribution < -0.4 is 16.3 Å². The Morgan fingerprint density at radius 1 is 1.06 bits per heavy atom. The highest BCUT2D eigenvalue weighted by molar-refractivity contribution is 7.91. The third-order valence-corrected chi connectivity index (χ3v) is 8.13. The van der Waals surface area contributed by atoms with E-state index >= 15 is 0 Å². The van der Waals surface area contributed by atoms with Gasteiger partial charge in [0, 0.05) is 14.1 Å². The summed E-state index contributed by atoms with van der Waals surface area (Å²) in [6.45, 7) is 3.92. The maximum absolute atomic E-state index is 13.1. The van der Waals surface area contributed by atoms with Crippen molar-refractivity contribution < 1.29 is 8.42 Å². The van der Waals surface area contributed by atoms with E-state index in [2.05, 4.69) is 4.98 Å². The highest BCUT2D eigenvalue weighted by Gasteiger charge is 2.39. The number of rotatable bonds is 2. The summed E-state index contributed by atoms with van der Waals surface area (Å²) in [6.07, 6.45) is 0.418. The van der Waals surface area contributed by atoms with Gasteiger partial charge in [-0.05, 0) is 25.8 Å². The number of anilines is 1. The molecule has 2 aliphatic rings. The van der Waals surface area contributed by atoms with Gasteiger partial charge in [0.1, 0.15) is 0 Å². The molecule has 0 N–H and O–H groups in total. The summed E-state index contributed by atoms with van der Waals surface area (Å²) in [7, 11) is -0.170. The van der Waals surface area contributed by atoms with Crippen molar-refractivity contribution in [2.45, 2.75) is 32.4 Å². The van der Waals surface area contributed by atoms with Gasteiger partial charge in [0.15, 0.2) is 21.0 Å². The van der Waals surface area contributed by atoms with E-state index < -0.39 is 27.1 Å². The number of nitrogens with zero attached hydrogens (tertiary/aromatic N) is 6. The van der Waals surface area contributed by atoms with E-state index in [4.69, 9.17) is 5.10 Å². The number of aryl methyl sites for hydroxylation is 2. The van der Waals surface area contributed by atoms with Crippen molar-refractivity contribution in [1.82, 2.24) is 18.7 Å². The molecule has 1 fully saturated rings. The van der Waals surface area contributed by atoms with Crippen molar-refractivity contribution in [2.24, 2.45) is 19.2 Å². The van der Waals surface area contributed by atoms with Crippen LogP contribution in [0.3, 0.4) is 0 Å². The summed E-state index contributed by atoms with van der Waals surface area (Å²) >= 11 is 0. The van der Waals surface area contributed by atoms with Gasteiger partial charge >= 0.3 is 5.69 Å². The van der Waals surface area contributed by atoms with Gasteiger partial charge in [0.25, 0.3) is 5.56 Å². The zero-order valence-corrected chi connectivity index (χ0v) is 19.1. The van der Waals surface area contributed by atoms with E-state index in [0.717, 1.165) is 15.7 Å². The molecule has 0 saturated carbocycles. The lowest BCUT2D eigenvalue weighted by atomic mass is 10.0. The van der Waals surface area contributed by atoms with Crippen LogP contribution in [-0.2, 0) is 23.9 Å². The maximum atomic E-state index is 13.1. The SMILES string of the molecule is Cc1ccc(C2=NN(C3CCS(=O)(=O)C3)c3nc4c(c(=O)n(C)c(=O)n4C)n3C2C)cc1. The fourth-order valence-electron chi connectivity index (χ4n) is 4.53. The van der Waals surface area contributed by atoms with Crippen LogP contribution >= 0.6 is 0 Å². The van der Waals surface area contributed by atoms with Crippen molar-refractivity contribution in [3.05, 3.63) is 56.2 Å². The van der Waals surface area contributed by atoms with Crippen LogP contribution in [0, 0.1) is 6.92 Å². The molecule has 0 radical (unpaired) electrons. The molecule has 0 bridgehead atoms. The van der Waals surface area contributed by atoms with E-state index in [1.165, 1.54) is 11.6 Å². The minimum Gasteiger partial charge on any atom is -0.294 e. The van der Waals surface area contributed by atoms with Crippen molar-refractivity contribution in [3.8, 4) is 0 Å². The molecule has 2 unspecified atom stereocenters. The van der Waals surface area contributed by atoms with Crippen LogP contribution in [0.25, 0.3) is 11.2 Å². The molecule has 4 heterocycles. The number of hydrazone groups is 1. The van der Waals surface area contributed by atoms with E-state index in [-0.39, 0.29) is 23.2 Å². The first-order chi connectivity index (χ1) is 15.1. The quantitative estimate of drug-likeness (QED) is 0.562. The standard InChI is InChI=1S/C21H24N6O4S/c1-12-5-7-14(8-6-12)16-13(2)26-17-18(24(3)21(29)25(4)19(17)28)22-20(26)27(23-16)15-9-10-32(30,31)11-15/h5-8,13,15H,9-11H2,1-4H3. The Balaban J connectivity index is 1.81. The Bertz CT molecular complexity index is 1510. The molecular formula is C21H24N6O4S. The molecule has 2 atom stereocenters. The van der Waals surface area contributed by atoms with Crippen molar-refractivity contribution in [2.75, 3.05) is 16.5 Å². The van der Waals surface area contributed by atoms with E-state index in [9.17, 15) is 18.0 Å². The van der Waals surface area contributed by atoms with Gasteiger partial charge in [-0.1, -0.05) is 29.8 Å². The van der Waals surface area contributed by atoms with Gasteiger partial charge in [0.2, 0.25) is 5.95 Å². The molecule has 0 aliphatic carbocycles. The molecule has 168 valence electrons. The van der Waals surface area contributed by atoms with E-state index in [1.54, 1.807) is 16.6 Å². The number of fused-ring (bicyclic) bond motifs is 3. The van der Waals surface area contributed by atoms with E-state index in [0.29, 0.717) is 23.6 Å². The highest BCUT2D eigenvalue weighted by atomic mass is 32.2. The molecule has 0 amide bonds. The average molecular weight is 457 g/mol. The van der Waals surface area contributed by atoms with Crippen LogP contribution in [0.4, 0.5) is 5.95 Å². The summed E-state index contributed by atoms with van der Waals surface area (Å²) < 4.78 is 28.6. The Kier molecular flexibility index (Phi) is 4.45. The molecule has 3 aromatic rings.